The SMILES string of the molecule is CC(Nc1nc(C(=O)O)nc2nc(C3=C(c4ccccc4)CCCC3)n(Cc3ccc(C(F)(F)F)cc3)c12)C1CCC1. The molecule has 6 rings (SSSR count). The van der Waals surface area contributed by atoms with E-state index < -0.39 is 17.7 Å². The minimum absolute atomic E-state index is 0.0464. The molecule has 2 aromatic heterocycles. The highest BCUT2D eigenvalue weighted by molar-refractivity contribution is 5.95. The zero-order chi connectivity index (χ0) is 29.4. The number of carboxylic acids is 1. The third-order valence-electron chi connectivity index (χ3n) is 8.50. The van der Waals surface area contributed by atoms with Crippen molar-refractivity contribution in [2.24, 2.45) is 5.92 Å². The van der Waals surface area contributed by atoms with Crippen LogP contribution in [0.1, 0.15) is 85.0 Å². The minimum Gasteiger partial charge on any atom is -0.475 e. The van der Waals surface area contributed by atoms with Crippen molar-refractivity contribution < 1.29 is 23.1 Å². The van der Waals surface area contributed by atoms with Gasteiger partial charge in [0.15, 0.2) is 11.5 Å². The standard InChI is InChI=1S/C32H32F3N5O2/c1-19(21-10-7-11-21)36-27-26-28(38-29(37-27)31(41)42)39-30(25-13-6-5-12-24(25)22-8-3-2-4-9-22)40(26)18-20-14-16-23(17-15-20)32(33,34)35/h2-4,8-9,14-17,19,21H,5-7,10-13,18H2,1H3,(H,41,42)(H,36,37,38). The lowest BCUT2D eigenvalue weighted by atomic mass is 9.80. The van der Waals surface area contributed by atoms with Crippen molar-refractivity contribution in [3.63, 3.8) is 0 Å². The van der Waals surface area contributed by atoms with Gasteiger partial charge in [-0.1, -0.05) is 48.9 Å². The summed E-state index contributed by atoms with van der Waals surface area (Å²) in [5.74, 6) is -0.144. The van der Waals surface area contributed by atoms with Gasteiger partial charge >= 0.3 is 12.1 Å². The van der Waals surface area contributed by atoms with E-state index in [1.165, 1.54) is 12.1 Å². The average molecular weight is 576 g/mol. The predicted octanol–water partition coefficient (Wildman–Crippen LogP) is 7.68. The van der Waals surface area contributed by atoms with E-state index in [4.69, 9.17) is 4.98 Å². The number of benzene rings is 2. The van der Waals surface area contributed by atoms with E-state index in [-0.39, 0.29) is 24.1 Å². The van der Waals surface area contributed by atoms with Gasteiger partial charge in [-0.15, -0.1) is 0 Å². The van der Waals surface area contributed by atoms with Crippen LogP contribution in [0.15, 0.2) is 54.6 Å². The first-order chi connectivity index (χ1) is 20.2. The van der Waals surface area contributed by atoms with E-state index in [2.05, 4.69) is 34.3 Å². The van der Waals surface area contributed by atoms with Crippen LogP contribution in [0.5, 0.6) is 0 Å². The number of hydrogen-bond acceptors (Lipinski definition) is 5. The number of nitrogens with one attached hydrogen (secondary N) is 1. The number of aromatic carboxylic acids is 1. The second-order valence-corrected chi connectivity index (χ2v) is 11.2. The van der Waals surface area contributed by atoms with Crippen molar-refractivity contribution in [3.8, 4) is 0 Å². The van der Waals surface area contributed by atoms with E-state index in [1.807, 2.05) is 22.8 Å². The van der Waals surface area contributed by atoms with Gasteiger partial charge in [0.2, 0.25) is 5.82 Å². The summed E-state index contributed by atoms with van der Waals surface area (Å²) in [6.07, 6.45) is 2.50. The second kappa shape index (κ2) is 11.2. The molecule has 2 heterocycles. The van der Waals surface area contributed by atoms with Crippen LogP contribution in [0.25, 0.3) is 22.3 Å². The van der Waals surface area contributed by atoms with Gasteiger partial charge in [0, 0.05) is 12.6 Å². The Morgan fingerprint density at radius 3 is 2.29 bits per heavy atom. The van der Waals surface area contributed by atoms with Gasteiger partial charge in [-0.25, -0.2) is 19.7 Å². The number of allylic oxidation sites excluding steroid dienone is 2. The molecule has 2 aromatic carbocycles. The molecule has 1 atom stereocenters. The number of imidazole rings is 1. The molecule has 0 spiro atoms. The number of alkyl halides is 3. The molecule has 7 nitrogen and oxygen atoms in total. The van der Waals surface area contributed by atoms with Crippen LogP contribution in [0.2, 0.25) is 0 Å². The zero-order valence-electron chi connectivity index (χ0n) is 23.3. The number of carbonyl (C=O) groups is 1. The van der Waals surface area contributed by atoms with E-state index in [0.717, 1.165) is 73.8 Å². The van der Waals surface area contributed by atoms with Crippen LogP contribution in [0, 0.1) is 5.92 Å². The number of anilines is 1. The maximum absolute atomic E-state index is 13.3. The summed E-state index contributed by atoms with van der Waals surface area (Å²) in [4.78, 5) is 25.7. The Kier molecular flexibility index (Phi) is 7.47. The fraction of sp³-hybridized carbons (Fsp3) is 0.375. The molecule has 0 bridgehead atoms. The molecule has 4 aromatic rings. The normalized spacial score (nSPS) is 16.9. The van der Waals surface area contributed by atoms with Crippen molar-refractivity contribution in [1.82, 2.24) is 19.5 Å². The van der Waals surface area contributed by atoms with Crippen molar-refractivity contribution in [3.05, 3.63) is 82.9 Å². The Balaban J connectivity index is 1.56. The number of carboxylic acid groups (broad SMARTS) is 1. The van der Waals surface area contributed by atoms with Gasteiger partial charge in [0.1, 0.15) is 11.3 Å². The molecule has 1 fully saturated rings. The van der Waals surface area contributed by atoms with Crippen LogP contribution >= 0.6 is 0 Å². The lowest BCUT2D eigenvalue weighted by Gasteiger charge is -2.32. The number of fused-ring (bicyclic) bond motifs is 1. The molecule has 0 radical (unpaired) electrons. The van der Waals surface area contributed by atoms with Gasteiger partial charge in [-0.2, -0.15) is 13.2 Å². The number of rotatable bonds is 8. The number of halogens is 3. The molecule has 2 N–H and O–H groups in total. The fourth-order valence-electron chi connectivity index (χ4n) is 5.98. The van der Waals surface area contributed by atoms with Gasteiger partial charge in [0.05, 0.1) is 5.56 Å². The highest BCUT2D eigenvalue weighted by atomic mass is 19.4. The smallest absolute Gasteiger partial charge is 0.416 e. The van der Waals surface area contributed by atoms with Crippen LogP contribution in [0.4, 0.5) is 19.0 Å². The Morgan fingerprint density at radius 2 is 1.67 bits per heavy atom. The topological polar surface area (TPSA) is 92.9 Å². The summed E-state index contributed by atoms with van der Waals surface area (Å²) in [7, 11) is 0. The fourth-order valence-corrected chi connectivity index (χ4v) is 5.98. The summed E-state index contributed by atoms with van der Waals surface area (Å²) in [5.41, 5.74) is 4.03. The van der Waals surface area contributed by atoms with Crippen LogP contribution in [0.3, 0.4) is 0 Å². The lowest BCUT2D eigenvalue weighted by Crippen LogP contribution is -2.31. The van der Waals surface area contributed by atoms with Crippen LogP contribution in [-0.2, 0) is 12.7 Å². The summed E-state index contributed by atoms with van der Waals surface area (Å²) >= 11 is 0. The quantitative estimate of drug-likeness (QED) is 0.224. The third kappa shape index (κ3) is 5.49. The van der Waals surface area contributed by atoms with E-state index in [9.17, 15) is 23.1 Å². The van der Waals surface area contributed by atoms with Crippen LogP contribution in [-0.4, -0.2) is 36.6 Å². The second-order valence-electron chi connectivity index (χ2n) is 11.2. The largest absolute Gasteiger partial charge is 0.475 e. The molecule has 2 aliphatic rings. The first kappa shape index (κ1) is 27.9. The molecule has 218 valence electrons. The Hall–Kier alpha value is -4.21. The van der Waals surface area contributed by atoms with Crippen molar-refractivity contribution in [2.75, 3.05) is 5.32 Å². The predicted molar refractivity (Wildman–Crippen MR) is 155 cm³/mol. The summed E-state index contributed by atoms with van der Waals surface area (Å²) in [5, 5.41) is 13.3. The van der Waals surface area contributed by atoms with Gasteiger partial charge < -0.3 is 15.0 Å². The summed E-state index contributed by atoms with van der Waals surface area (Å²) < 4.78 is 41.8. The molecule has 0 saturated heterocycles. The number of nitrogens with zero attached hydrogens (tertiary/aromatic N) is 4. The molecular formula is C32H32F3N5O2. The molecule has 1 saturated carbocycles. The Morgan fingerprint density at radius 1 is 0.976 bits per heavy atom. The number of hydrogen-bond donors (Lipinski definition) is 2. The monoisotopic (exact) mass is 575 g/mol. The molecule has 10 heteroatoms. The number of aromatic nitrogens is 4. The minimum atomic E-state index is -4.43. The summed E-state index contributed by atoms with van der Waals surface area (Å²) in [6, 6.07) is 15.3. The van der Waals surface area contributed by atoms with E-state index >= 15 is 0 Å². The highest BCUT2D eigenvalue weighted by Gasteiger charge is 2.31. The maximum atomic E-state index is 13.3. The zero-order valence-corrected chi connectivity index (χ0v) is 23.3. The molecular weight excluding hydrogens is 543 g/mol. The van der Waals surface area contributed by atoms with Gasteiger partial charge in [-0.3, -0.25) is 0 Å². The third-order valence-corrected chi connectivity index (χ3v) is 8.50. The Bertz CT molecular complexity index is 1640. The Labute approximate surface area is 241 Å². The molecule has 0 amide bonds. The summed E-state index contributed by atoms with van der Waals surface area (Å²) in [6.45, 7) is 2.28. The average Bonchev–Trinajstić information content (AvgIpc) is 3.30. The molecule has 42 heavy (non-hydrogen) atoms. The first-order valence-electron chi connectivity index (χ1n) is 14.4. The molecule has 0 aliphatic heterocycles. The molecule has 2 aliphatic carbocycles. The van der Waals surface area contributed by atoms with Gasteiger partial charge in [-0.05, 0) is 85.8 Å². The lowest BCUT2D eigenvalue weighted by molar-refractivity contribution is -0.137. The van der Waals surface area contributed by atoms with E-state index in [1.54, 1.807) is 0 Å². The van der Waals surface area contributed by atoms with Gasteiger partial charge in [0.25, 0.3) is 0 Å². The molecule has 1 unspecified atom stereocenters. The maximum Gasteiger partial charge on any atom is 0.416 e. The highest BCUT2D eigenvalue weighted by Crippen LogP contribution is 2.40. The first-order valence-corrected chi connectivity index (χ1v) is 14.4. The van der Waals surface area contributed by atoms with Crippen molar-refractivity contribution in [1.29, 1.82) is 0 Å². The van der Waals surface area contributed by atoms with Crippen molar-refractivity contribution >= 4 is 34.1 Å². The van der Waals surface area contributed by atoms with E-state index in [0.29, 0.717) is 28.6 Å². The van der Waals surface area contributed by atoms with Crippen LogP contribution < -0.4 is 5.32 Å². The van der Waals surface area contributed by atoms with Crippen molar-refractivity contribution in [2.45, 2.75) is 70.6 Å².